The summed E-state index contributed by atoms with van der Waals surface area (Å²) in [6, 6.07) is 4.02. The molecular formula is C19H18F4N6O. The first-order valence-corrected chi connectivity index (χ1v) is 9.10. The minimum atomic E-state index is -4.63. The molecule has 30 heavy (non-hydrogen) atoms. The van der Waals surface area contributed by atoms with Crippen LogP contribution in [0.25, 0.3) is 0 Å². The summed E-state index contributed by atoms with van der Waals surface area (Å²) in [4.78, 5) is 2.00. The van der Waals surface area contributed by atoms with Crippen LogP contribution in [0.2, 0.25) is 0 Å². The fourth-order valence-electron chi connectivity index (χ4n) is 3.27. The number of nitrogens with one attached hydrogen (secondary N) is 1. The van der Waals surface area contributed by atoms with E-state index in [0.29, 0.717) is 25.7 Å². The molecule has 1 aromatic carbocycles. The number of ether oxygens (including phenoxy) is 1. The Bertz CT molecular complexity index is 1020. The van der Waals surface area contributed by atoms with Gasteiger partial charge in [0.15, 0.2) is 0 Å². The van der Waals surface area contributed by atoms with Gasteiger partial charge in [-0.25, -0.2) is 4.39 Å². The third-order valence-electron chi connectivity index (χ3n) is 4.70. The number of hydrogen-bond donors (Lipinski definition) is 1. The highest BCUT2D eigenvalue weighted by Crippen LogP contribution is 2.34. The number of rotatable bonds is 6. The van der Waals surface area contributed by atoms with Crippen molar-refractivity contribution >= 4 is 11.5 Å². The summed E-state index contributed by atoms with van der Waals surface area (Å²) in [6.45, 7) is 1.40. The Morgan fingerprint density at radius 3 is 2.67 bits per heavy atom. The molecule has 1 N–H and O–H groups in total. The lowest BCUT2D eigenvalue weighted by Gasteiger charge is -2.40. The first-order valence-electron chi connectivity index (χ1n) is 9.10. The van der Waals surface area contributed by atoms with Gasteiger partial charge in [0.2, 0.25) is 0 Å². The van der Waals surface area contributed by atoms with E-state index in [9.17, 15) is 17.6 Å². The molecule has 1 aliphatic heterocycles. The van der Waals surface area contributed by atoms with Crippen LogP contribution in [0.4, 0.5) is 29.1 Å². The van der Waals surface area contributed by atoms with Crippen LogP contribution in [0.5, 0.6) is 5.75 Å². The minimum absolute atomic E-state index is 0.135. The quantitative estimate of drug-likeness (QED) is 0.616. The van der Waals surface area contributed by atoms with Crippen molar-refractivity contribution in [3.8, 4) is 5.75 Å². The van der Waals surface area contributed by atoms with Crippen LogP contribution in [0, 0.1) is 5.82 Å². The van der Waals surface area contributed by atoms with E-state index in [1.807, 2.05) is 11.9 Å². The molecule has 0 unspecified atom stereocenters. The third-order valence-corrected chi connectivity index (χ3v) is 4.70. The summed E-state index contributed by atoms with van der Waals surface area (Å²) in [5, 5.41) is 15.0. The molecule has 158 valence electrons. The number of nitrogens with zero attached hydrogens (tertiary/aromatic N) is 5. The van der Waals surface area contributed by atoms with Gasteiger partial charge >= 0.3 is 6.18 Å². The van der Waals surface area contributed by atoms with E-state index in [0.717, 1.165) is 29.2 Å². The smallest absolute Gasteiger partial charge is 0.416 e. The van der Waals surface area contributed by atoms with Gasteiger partial charge < -0.3 is 15.0 Å². The van der Waals surface area contributed by atoms with E-state index < -0.39 is 17.6 Å². The highest BCUT2D eigenvalue weighted by Gasteiger charge is 2.34. The van der Waals surface area contributed by atoms with Crippen LogP contribution in [-0.2, 0) is 19.8 Å². The molecule has 0 spiro atoms. The number of anilines is 2. The van der Waals surface area contributed by atoms with Crippen LogP contribution in [0.15, 0.2) is 42.9 Å². The zero-order chi connectivity index (χ0) is 21.3. The third kappa shape index (κ3) is 4.29. The molecule has 3 aromatic rings. The lowest BCUT2D eigenvalue weighted by molar-refractivity contribution is -0.137. The maximum absolute atomic E-state index is 13.5. The van der Waals surface area contributed by atoms with Crippen molar-refractivity contribution in [2.45, 2.75) is 18.8 Å². The van der Waals surface area contributed by atoms with E-state index >= 15 is 0 Å². The number of halogens is 4. The van der Waals surface area contributed by atoms with E-state index in [-0.39, 0.29) is 11.9 Å². The highest BCUT2D eigenvalue weighted by molar-refractivity contribution is 5.52. The number of benzene rings is 1. The Labute approximate surface area is 169 Å². The molecule has 0 radical (unpaired) electrons. The van der Waals surface area contributed by atoms with Gasteiger partial charge in [0.05, 0.1) is 42.9 Å². The summed E-state index contributed by atoms with van der Waals surface area (Å²) in [5.41, 5.74) is 0.688. The van der Waals surface area contributed by atoms with Crippen molar-refractivity contribution in [1.82, 2.24) is 20.0 Å². The Kier molecular flexibility index (Phi) is 5.18. The Morgan fingerprint density at radius 2 is 1.97 bits per heavy atom. The number of alkyl halides is 3. The zero-order valence-electron chi connectivity index (χ0n) is 15.9. The normalized spacial score (nSPS) is 14.5. The standard InChI is InChI=1S/C19H18F4N6O/c1-28-18(12(8-27-28)7-24-15-2-3-25-26-9-15)29-10-17(11-29)30-16-5-13(19(21,22)23)4-14(20)6-16/h2-6,8-9,17H,7,10-11H2,1H3,(H,24,25). The van der Waals surface area contributed by atoms with Gasteiger partial charge in [0.25, 0.3) is 0 Å². The first kappa shape index (κ1) is 19.9. The molecule has 4 rings (SSSR count). The number of aryl methyl sites for hydroxylation is 1. The molecule has 7 nitrogen and oxygen atoms in total. The summed E-state index contributed by atoms with van der Waals surface area (Å²) < 4.78 is 59.4. The fourth-order valence-corrected chi connectivity index (χ4v) is 3.27. The van der Waals surface area contributed by atoms with Gasteiger partial charge in [0, 0.05) is 25.2 Å². The van der Waals surface area contributed by atoms with E-state index in [2.05, 4.69) is 20.6 Å². The molecule has 1 aliphatic rings. The lowest BCUT2D eigenvalue weighted by Crippen LogP contribution is -2.55. The molecular weight excluding hydrogens is 404 g/mol. The van der Waals surface area contributed by atoms with Crippen molar-refractivity contribution in [2.75, 3.05) is 23.3 Å². The van der Waals surface area contributed by atoms with E-state index in [1.54, 1.807) is 29.3 Å². The van der Waals surface area contributed by atoms with Crippen LogP contribution in [0.1, 0.15) is 11.1 Å². The summed E-state index contributed by atoms with van der Waals surface area (Å²) in [5.74, 6) is -0.245. The topological polar surface area (TPSA) is 68.1 Å². The van der Waals surface area contributed by atoms with Crippen molar-refractivity contribution in [2.24, 2.45) is 7.05 Å². The van der Waals surface area contributed by atoms with Crippen molar-refractivity contribution in [3.63, 3.8) is 0 Å². The monoisotopic (exact) mass is 422 g/mol. The predicted molar refractivity (Wildman–Crippen MR) is 101 cm³/mol. The molecule has 1 saturated heterocycles. The molecule has 0 saturated carbocycles. The summed E-state index contributed by atoms with van der Waals surface area (Å²) >= 11 is 0. The van der Waals surface area contributed by atoms with Crippen molar-refractivity contribution < 1.29 is 22.3 Å². The van der Waals surface area contributed by atoms with Gasteiger partial charge in [-0.3, -0.25) is 4.68 Å². The van der Waals surface area contributed by atoms with E-state index in [1.165, 1.54) is 0 Å². The average molecular weight is 422 g/mol. The Morgan fingerprint density at radius 1 is 1.17 bits per heavy atom. The average Bonchev–Trinajstić information content (AvgIpc) is 3.02. The highest BCUT2D eigenvalue weighted by atomic mass is 19.4. The van der Waals surface area contributed by atoms with Crippen LogP contribution >= 0.6 is 0 Å². The number of hydrogen-bond acceptors (Lipinski definition) is 6. The van der Waals surface area contributed by atoms with Gasteiger partial charge in [-0.05, 0) is 18.2 Å². The Hall–Kier alpha value is -3.37. The van der Waals surface area contributed by atoms with Gasteiger partial charge in [-0.15, -0.1) is 0 Å². The second-order valence-corrected chi connectivity index (χ2v) is 6.92. The number of aromatic nitrogens is 4. The van der Waals surface area contributed by atoms with Crippen molar-refractivity contribution in [1.29, 1.82) is 0 Å². The molecule has 11 heteroatoms. The van der Waals surface area contributed by atoms with E-state index in [4.69, 9.17) is 4.74 Å². The maximum atomic E-state index is 13.5. The molecule has 0 amide bonds. The van der Waals surface area contributed by atoms with Crippen LogP contribution < -0.4 is 15.0 Å². The van der Waals surface area contributed by atoms with Crippen LogP contribution in [0.3, 0.4) is 0 Å². The lowest BCUT2D eigenvalue weighted by atomic mass is 10.1. The van der Waals surface area contributed by atoms with Gasteiger partial charge in [0.1, 0.15) is 23.5 Å². The molecule has 0 aliphatic carbocycles. The maximum Gasteiger partial charge on any atom is 0.416 e. The second kappa shape index (κ2) is 7.81. The fraction of sp³-hybridized carbons (Fsp3) is 0.316. The first-order chi connectivity index (χ1) is 14.3. The minimum Gasteiger partial charge on any atom is -0.487 e. The second-order valence-electron chi connectivity index (χ2n) is 6.92. The Balaban J connectivity index is 1.39. The largest absolute Gasteiger partial charge is 0.487 e. The molecule has 0 bridgehead atoms. The molecule has 0 atom stereocenters. The predicted octanol–water partition coefficient (Wildman–Crippen LogP) is 3.25. The summed E-state index contributed by atoms with van der Waals surface area (Å²) in [6.07, 6.45) is -0.0498. The zero-order valence-corrected chi connectivity index (χ0v) is 15.9. The molecule has 1 fully saturated rings. The van der Waals surface area contributed by atoms with Gasteiger partial charge in [-0.1, -0.05) is 0 Å². The molecule has 3 heterocycles. The van der Waals surface area contributed by atoms with Crippen molar-refractivity contribution in [3.05, 3.63) is 59.8 Å². The summed E-state index contributed by atoms with van der Waals surface area (Å²) in [7, 11) is 1.81. The SMILES string of the molecule is Cn1ncc(CNc2ccnnc2)c1N1CC(Oc2cc(F)cc(C(F)(F)F)c2)C1. The molecule has 2 aromatic heterocycles. The van der Waals surface area contributed by atoms with Gasteiger partial charge in [-0.2, -0.15) is 28.5 Å². The van der Waals surface area contributed by atoms with Crippen LogP contribution in [-0.4, -0.2) is 39.2 Å².